The molecule has 0 amide bonds. The number of rotatable bonds is 6. The van der Waals surface area contributed by atoms with E-state index in [1.807, 2.05) is 0 Å². The lowest BCUT2D eigenvalue weighted by atomic mass is 10.2. The lowest BCUT2D eigenvalue weighted by Gasteiger charge is -2.08. The van der Waals surface area contributed by atoms with E-state index in [0.29, 0.717) is 18.8 Å². The van der Waals surface area contributed by atoms with E-state index in [1.54, 1.807) is 13.8 Å². The minimum absolute atomic E-state index is 0.000992. The maximum Gasteiger partial charge on any atom is 0.357 e. The number of aromatic nitrogens is 2. The van der Waals surface area contributed by atoms with Crippen molar-refractivity contribution in [2.75, 3.05) is 19.8 Å². The summed E-state index contributed by atoms with van der Waals surface area (Å²) in [5, 5.41) is 0. The van der Waals surface area contributed by atoms with Crippen molar-refractivity contribution in [1.29, 1.82) is 0 Å². The quantitative estimate of drug-likeness (QED) is 0.740. The minimum Gasteiger partial charge on any atom is -0.462 e. The van der Waals surface area contributed by atoms with Gasteiger partial charge in [0.1, 0.15) is 11.4 Å². The van der Waals surface area contributed by atoms with Gasteiger partial charge in [-0.1, -0.05) is 0 Å². The van der Waals surface area contributed by atoms with E-state index in [1.165, 1.54) is 6.20 Å². The summed E-state index contributed by atoms with van der Waals surface area (Å²) >= 11 is 0. The predicted molar refractivity (Wildman–Crippen MR) is 66.7 cm³/mol. The van der Waals surface area contributed by atoms with Gasteiger partial charge >= 0.3 is 11.9 Å². The molecule has 19 heavy (non-hydrogen) atoms. The Kier molecular flexibility index (Phi) is 5.87. The minimum atomic E-state index is -0.675. The van der Waals surface area contributed by atoms with Crippen molar-refractivity contribution in [3.63, 3.8) is 0 Å². The second kappa shape index (κ2) is 7.42. The Morgan fingerprint density at radius 3 is 2.42 bits per heavy atom. The highest BCUT2D eigenvalue weighted by Gasteiger charge is 2.22. The number of carbonyl (C=O) groups excluding carboxylic acids is 2. The maximum absolute atomic E-state index is 11.8. The van der Waals surface area contributed by atoms with Gasteiger partial charge in [-0.05, 0) is 20.4 Å². The number of hydrogen-bond acceptors (Lipinski definition) is 7. The van der Waals surface area contributed by atoms with Crippen molar-refractivity contribution < 1.29 is 19.1 Å². The number of ether oxygens (including phenoxy) is 2. The van der Waals surface area contributed by atoms with Gasteiger partial charge in [-0.25, -0.2) is 19.6 Å². The number of nitrogens with zero attached hydrogens (tertiary/aromatic N) is 2. The van der Waals surface area contributed by atoms with Crippen LogP contribution in [0.5, 0.6) is 0 Å². The molecule has 1 heterocycles. The fourth-order valence-corrected chi connectivity index (χ4v) is 1.38. The molecule has 0 aromatic carbocycles. The van der Waals surface area contributed by atoms with Crippen LogP contribution in [0.3, 0.4) is 0 Å². The van der Waals surface area contributed by atoms with Crippen LogP contribution < -0.4 is 5.73 Å². The molecule has 7 nitrogen and oxygen atoms in total. The zero-order valence-corrected chi connectivity index (χ0v) is 11.0. The summed E-state index contributed by atoms with van der Waals surface area (Å²) in [6.45, 7) is 4.08. The van der Waals surface area contributed by atoms with Crippen molar-refractivity contribution >= 4 is 11.9 Å². The molecule has 0 fully saturated rings. The van der Waals surface area contributed by atoms with Crippen LogP contribution in [-0.4, -0.2) is 41.7 Å². The molecule has 7 heteroatoms. The number of esters is 2. The van der Waals surface area contributed by atoms with Crippen molar-refractivity contribution in [1.82, 2.24) is 9.97 Å². The van der Waals surface area contributed by atoms with Gasteiger partial charge in [0.05, 0.1) is 13.2 Å². The Bertz CT molecular complexity index is 462. The molecule has 0 aliphatic heterocycles. The van der Waals surface area contributed by atoms with E-state index < -0.39 is 11.9 Å². The van der Waals surface area contributed by atoms with E-state index >= 15 is 0 Å². The molecule has 0 atom stereocenters. The fourth-order valence-electron chi connectivity index (χ4n) is 1.38. The summed E-state index contributed by atoms with van der Waals surface area (Å²) in [5.74, 6) is -0.935. The standard InChI is InChI=1S/C12H17N3O4/c1-3-18-11(16)8-7-14-9(5-6-13)15-10(8)12(17)19-4-2/h7H,3-6,13H2,1-2H3. The van der Waals surface area contributed by atoms with Gasteiger partial charge < -0.3 is 15.2 Å². The van der Waals surface area contributed by atoms with Gasteiger partial charge in [0.25, 0.3) is 0 Å². The van der Waals surface area contributed by atoms with Crippen LogP contribution in [0.1, 0.15) is 40.5 Å². The normalized spacial score (nSPS) is 10.1. The van der Waals surface area contributed by atoms with E-state index in [2.05, 4.69) is 9.97 Å². The zero-order valence-electron chi connectivity index (χ0n) is 11.0. The van der Waals surface area contributed by atoms with Crippen LogP contribution in [0, 0.1) is 0 Å². The second-order valence-electron chi connectivity index (χ2n) is 3.53. The molecule has 104 valence electrons. The molecule has 0 bridgehead atoms. The smallest absolute Gasteiger partial charge is 0.357 e. The lowest BCUT2D eigenvalue weighted by Crippen LogP contribution is -2.19. The fraction of sp³-hybridized carbons (Fsp3) is 0.500. The number of nitrogens with two attached hydrogens (primary N) is 1. The summed E-state index contributed by atoms with van der Waals surface area (Å²) in [7, 11) is 0. The third kappa shape index (κ3) is 3.99. The maximum atomic E-state index is 11.8. The van der Waals surface area contributed by atoms with Crippen LogP contribution in [0.25, 0.3) is 0 Å². The first kappa shape index (κ1) is 15.0. The van der Waals surface area contributed by atoms with Crippen molar-refractivity contribution in [2.45, 2.75) is 20.3 Å². The Labute approximate surface area is 111 Å². The third-order valence-corrected chi connectivity index (χ3v) is 2.17. The van der Waals surface area contributed by atoms with Crippen LogP contribution in [0.4, 0.5) is 0 Å². The highest BCUT2D eigenvalue weighted by atomic mass is 16.5. The molecular formula is C12H17N3O4. The van der Waals surface area contributed by atoms with Gasteiger partial charge in [-0.3, -0.25) is 0 Å². The molecule has 0 saturated heterocycles. The lowest BCUT2D eigenvalue weighted by molar-refractivity contribution is 0.0472. The molecule has 0 unspecified atom stereocenters. The molecule has 1 rings (SSSR count). The van der Waals surface area contributed by atoms with E-state index in [9.17, 15) is 9.59 Å². The molecule has 1 aromatic heterocycles. The summed E-state index contributed by atoms with van der Waals surface area (Å²) in [6.07, 6.45) is 1.68. The van der Waals surface area contributed by atoms with Gasteiger partial charge in [0.15, 0.2) is 5.69 Å². The molecular weight excluding hydrogens is 250 g/mol. The average Bonchev–Trinajstić information content (AvgIpc) is 2.39. The van der Waals surface area contributed by atoms with Gasteiger partial charge in [0, 0.05) is 12.6 Å². The van der Waals surface area contributed by atoms with E-state index in [-0.39, 0.29) is 24.5 Å². The Morgan fingerprint density at radius 1 is 1.21 bits per heavy atom. The van der Waals surface area contributed by atoms with Crippen LogP contribution in [-0.2, 0) is 15.9 Å². The predicted octanol–water partition coefficient (Wildman–Crippen LogP) is 0.331. The molecule has 0 radical (unpaired) electrons. The first-order chi connectivity index (χ1) is 9.13. The van der Waals surface area contributed by atoms with Crippen molar-refractivity contribution in [3.05, 3.63) is 23.3 Å². The third-order valence-electron chi connectivity index (χ3n) is 2.17. The topological polar surface area (TPSA) is 104 Å². The SMILES string of the molecule is CCOC(=O)c1cnc(CCN)nc1C(=O)OCC. The Hall–Kier alpha value is -2.02. The van der Waals surface area contributed by atoms with Crippen molar-refractivity contribution in [2.24, 2.45) is 5.73 Å². The number of hydrogen-bond donors (Lipinski definition) is 1. The van der Waals surface area contributed by atoms with E-state index in [4.69, 9.17) is 15.2 Å². The average molecular weight is 267 g/mol. The van der Waals surface area contributed by atoms with Crippen LogP contribution >= 0.6 is 0 Å². The first-order valence-corrected chi connectivity index (χ1v) is 6.04. The van der Waals surface area contributed by atoms with E-state index in [0.717, 1.165) is 0 Å². The summed E-state index contributed by atoms with van der Waals surface area (Å²) in [4.78, 5) is 31.5. The first-order valence-electron chi connectivity index (χ1n) is 6.04. The highest BCUT2D eigenvalue weighted by Crippen LogP contribution is 2.10. The summed E-state index contributed by atoms with van der Waals surface area (Å²) < 4.78 is 9.71. The van der Waals surface area contributed by atoms with Gasteiger partial charge in [-0.2, -0.15) is 0 Å². The molecule has 0 saturated carbocycles. The Morgan fingerprint density at radius 2 is 1.84 bits per heavy atom. The zero-order chi connectivity index (χ0) is 14.3. The molecule has 0 aliphatic rings. The summed E-state index contributed by atoms with van der Waals surface area (Å²) in [6, 6.07) is 0. The largest absolute Gasteiger partial charge is 0.462 e. The van der Waals surface area contributed by atoms with Crippen LogP contribution in [0.15, 0.2) is 6.20 Å². The summed E-state index contributed by atoms with van der Waals surface area (Å²) in [5.41, 5.74) is 5.32. The van der Waals surface area contributed by atoms with Gasteiger partial charge in [-0.15, -0.1) is 0 Å². The second-order valence-corrected chi connectivity index (χ2v) is 3.53. The number of carbonyl (C=O) groups is 2. The Balaban J connectivity index is 3.14. The monoisotopic (exact) mass is 267 g/mol. The molecule has 0 spiro atoms. The molecule has 0 aliphatic carbocycles. The molecule has 2 N–H and O–H groups in total. The van der Waals surface area contributed by atoms with Crippen LogP contribution in [0.2, 0.25) is 0 Å². The van der Waals surface area contributed by atoms with Crippen molar-refractivity contribution in [3.8, 4) is 0 Å². The van der Waals surface area contributed by atoms with Gasteiger partial charge in [0.2, 0.25) is 0 Å². The molecule has 1 aromatic rings. The highest BCUT2D eigenvalue weighted by molar-refractivity contribution is 6.01.